The SMILES string of the molecule is O=C1CCC(N2C(=O)c3ccc(CNc4cnc5n4CCNC5)cc3C2=O)C(=O)N1. The lowest BCUT2D eigenvalue weighted by Crippen LogP contribution is -2.54. The predicted molar refractivity (Wildman–Crippen MR) is 104 cm³/mol. The van der Waals surface area contributed by atoms with E-state index in [9.17, 15) is 19.2 Å². The Morgan fingerprint density at radius 3 is 2.80 bits per heavy atom. The normalized spacial score (nSPS) is 20.8. The molecule has 4 amide bonds. The summed E-state index contributed by atoms with van der Waals surface area (Å²) in [6, 6.07) is 4.14. The molecule has 1 aromatic carbocycles. The molecule has 0 saturated carbocycles. The number of nitrogens with one attached hydrogen (secondary N) is 3. The number of rotatable bonds is 4. The van der Waals surface area contributed by atoms with Gasteiger partial charge in [-0.3, -0.25) is 29.4 Å². The molecule has 10 nitrogen and oxygen atoms in total. The van der Waals surface area contributed by atoms with E-state index in [1.165, 1.54) is 0 Å². The molecule has 1 saturated heterocycles. The number of fused-ring (bicyclic) bond motifs is 2. The van der Waals surface area contributed by atoms with Gasteiger partial charge in [-0.25, -0.2) is 4.98 Å². The number of nitrogens with zero attached hydrogens (tertiary/aromatic N) is 3. The minimum Gasteiger partial charge on any atom is -0.366 e. The number of imidazole rings is 1. The van der Waals surface area contributed by atoms with Crippen molar-refractivity contribution >= 4 is 29.4 Å². The van der Waals surface area contributed by atoms with Crippen molar-refractivity contribution in [3.63, 3.8) is 0 Å². The van der Waals surface area contributed by atoms with Crippen LogP contribution < -0.4 is 16.0 Å². The fourth-order valence-electron chi connectivity index (χ4n) is 4.16. The molecule has 30 heavy (non-hydrogen) atoms. The monoisotopic (exact) mass is 408 g/mol. The molecule has 1 fully saturated rings. The lowest BCUT2D eigenvalue weighted by molar-refractivity contribution is -0.136. The van der Waals surface area contributed by atoms with Gasteiger partial charge in [0.1, 0.15) is 17.7 Å². The highest BCUT2D eigenvalue weighted by Crippen LogP contribution is 2.28. The Balaban J connectivity index is 1.34. The number of anilines is 1. The molecule has 0 radical (unpaired) electrons. The van der Waals surface area contributed by atoms with Gasteiger partial charge in [0, 0.05) is 26.1 Å². The Morgan fingerprint density at radius 2 is 1.97 bits per heavy atom. The lowest BCUT2D eigenvalue weighted by atomic mass is 10.0. The van der Waals surface area contributed by atoms with Crippen molar-refractivity contribution in [2.75, 3.05) is 11.9 Å². The number of hydrogen-bond donors (Lipinski definition) is 3. The van der Waals surface area contributed by atoms with Crippen LogP contribution in [0, 0.1) is 0 Å². The summed E-state index contributed by atoms with van der Waals surface area (Å²) in [4.78, 5) is 54.6. The first kappa shape index (κ1) is 18.5. The van der Waals surface area contributed by atoms with Crippen LogP contribution in [0.15, 0.2) is 24.4 Å². The Bertz CT molecular complexity index is 1090. The van der Waals surface area contributed by atoms with Gasteiger partial charge in [0.2, 0.25) is 11.8 Å². The topological polar surface area (TPSA) is 125 Å². The molecule has 5 rings (SSSR count). The minimum absolute atomic E-state index is 0.101. The van der Waals surface area contributed by atoms with E-state index >= 15 is 0 Å². The minimum atomic E-state index is -0.955. The van der Waals surface area contributed by atoms with Crippen LogP contribution in [0.3, 0.4) is 0 Å². The van der Waals surface area contributed by atoms with Crippen LogP contribution in [0.1, 0.15) is 44.9 Å². The maximum absolute atomic E-state index is 12.9. The average molecular weight is 408 g/mol. The molecular formula is C20H20N6O4. The first-order valence-electron chi connectivity index (χ1n) is 9.86. The third-order valence-corrected chi connectivity index (χ3v) is 5.71. The zero-order valence-corrected chi connectivity index (χ0v) is 16.1. The molecule has 3 aliphatic rings. The Morgan fingerprint density at radius 1 is 1.13 bits per heavy atom. The van der Waals surface area contributed by atoms with Gasteiger partial charge in [-0.1, -0.05) is 6.07 Å². The molecule has 2 aromatic rings. The van der Waals surface area contributed by atoms with Crippen molar-refractivity contribution in [2.24, 2.45) is 0 Å². The summed E-state index contributed by atoms with van der Waals surface area (Å²) in [5.41, 5.74) is 1.40. The molecule has 154 valence electrons. The summed E-state index contributed by atoms with van der Waals surface area (Å²) in [6.45, 7) is 2.90. The highest BCUT2D eigenvalue weighted by Gasteiger charge is 2.44. The molecular weight excluding hydrogens is 388 g/mol. The van der Waals surface area contributed by atoms with Crippen LogP contribution in [-0.4, -0.2) is 50.7 Å². The van der Waals surface area contributed by atoms with Crippen molar-refractivity contribution < 1.29 is 19.2 Å². The van der Waals surface area contributed by atoms with Crippen molar-refractivity contribution in [1.82, 2.24) is 25.1 Å². The standard InChI is InChI=1S/C20H20N6O4/c27-17-4-3-14(18(28)24-17)26-19(29)12-2-1-11(7-13(12)20(26)30)8-22-16-10-23-15-9-21-5-6-25(15)16/h1-2,7,10,14,21-22H,3-6,8-9H2,(H,24,27,28). The Hall–Kier alpha value is -3.53. The molecule has 1 unspecified atom stereocenters. The van der Waals surface area contributed by atoms with Crippen LogP contribution in [0.2, 0.25) is 0 Å². The van der Waals surface area contributed by atoms with E-state index in [1.54, 1.807) is 24.4 Å². The smallest absolute Gasteiger partial charge is 0.262 e. The number of piperidine rings is 1. The number of benzene rings is 1. The van der Waals surface area contributed by atoms with E-state index in [-0.39, 0.29) is 29.9 Å². The van der Waals surface area contributed by atoms with Crippen molar-refractivity contribution in [3.8, 4) is 0 Å². The first-order valence-corrected chi connectivity index (χ1v) is 9.86. The quantitative estimate of drug-likeness (QED) is 0.608. The predicted octanol–water partition coefficient (Wildman–Crippen LogP) is -0.000400. The van der Waals surface area contributed by atoms with Crippen molar-refractivity contribution in [3.05, 3.63) is 46.9 Å². The number of imide groups is 2. The second kappa shape index (κ2) is 7.06. The zero-order valence-electron chi connectivity index (χ0n) is 16.1. The van der Waals surface area contributed by atoms with Crippen molar-refractivity contribution in [2.45, 2.75) is 38.5 Å². The van der Waals surface area contributed by atoms with E-state index in [0.29, 0.717) is 6.54 Å². The number of amides is 4. The summed E-state index contributed by atoms with van der Waals surface area (Å²) < 4.78 is 2.11. The maximum Gasteiger partial charge on any atom is 0.262 e. The zero-order chi connectivity index (χ0) is 20.8. The fraction of sp³-hybridized carbons (Fsp3) is 0.350. The summed E-state index contributed by atoms with van der Waals surface area (Å²) in [7, 11) is 0. The molecule has 3 N–H and O–H groups in total. The van der Waals surface area contributed by atoms with Crippen LogP contribution in [-0.2, 0) is 29.2 Å². The number of aromatic nitrogens is 2. The van der Waals surface area contributed by atoms with Crippen LogP contribution in [0.25, 0.3) is 0 Å². The third-order valence-electron chi connectivity index (χ3n) is 5.71. The van der Waals surface area contributed by atoms with Crippen LogP contribution in [0.4, 0.5) is 5.82 Å². The van der Waals surface area contributed by atoms with Gasteiger partial charge in [-0.05, 0) is 24.1 Å². The molecule has 3 aliphatic heterocycles. The number of carbonyl (C=O) groups is 4. The van der Waals surface area contributed by atoms with E-state index in [1.807, 2.05) is 0 Å². The van der Waals surface area contributed by atoms with Gasteiger partial charge in [0.15, 0.2) is 0 Å². The third kappa shape index (κ3) is 2.96. The highest BCUT2D eigenvalue weighted by molar-refractivity contribution is 6.23. The first-order chi connectivity index (χ1) is 14.5. The molecule has 4 heterocycles. The molecule has 0 aliphatic carbocycles. The van der Waals surface area contributed by atoms with Crippen LogP contribution >= 0.6 is 0 Å². The summed E-state index contributed by atoms with van der Waals surface area (Å²) in [5.74, 6) is -0.125. The molecule has 10 heteroatoms. The van der Waals surface area contributed by atoms with Gasteiger partial charge in [0.25, 0.3) is 11.8 Å². The van der Waals surface area contributed by atoms with E-state index in [0.717, 1.165) is 41.7 Å². The van der Waals surface area contributed by atoms with Gasteiger partial charge in [-0.15, -0.1) is 0 Å². The van der Waals surface area contributed by atoms with Crippen LogP contribution in [0.5, 0.6) is 0 Å². The van der Waals surface area contributed by atoms with E-state index in [4.69, 9.17) is 0 Å². The second-order valence-corrected chi connectivity index (χ2v) is 7.57. The fourth-order valence-corrected chi connectivity index (χ4v) is 4.16. The number of hydrogen-bond acceptors (Lipinski definition) is 7. The van der Waals surface area contributed by atoms with Gasteiger partial charge < -0.3 is 15.2 Å². The van der Waals surface area contributed by atoms with Gasteiger partial charge in [0.05, 0.1) is 23.9 Å². The Kier molecular flexibility index (Phi) is 4.35. The Labute approximate surface area is 171 Å². The lowest BCUT2D eigenvalue weighted by Gasteiger charge is -2.27. The molecule has 0 spiro atoms. The van der Waals surface area contributed by atoms with Crippen molar-refractivity contribution in [1.29, 1.82) is 0 Å². The van der Waals surface area contributed by atoms with E-state index in [2.05, 4.69) is 25.5 Å². The summed E-state index contributed by atoms with van der Waals surface area (Å²) in [6.07, 6.45) is 2.03. The van der Waals surface area contributed by atoms with Gasteiger partial charge >= 0.3 is 0 Å². The van der Waals surface area contributed by atoms with Gasteiger partial charge in [-0.2, -0.15) is 0 Å². The van der Waals surface area contributed by atoms with E-state index < -0.39 is 23.8 Å². The average Bonchev–Trinajstić information content (AvgIpc) is 3.26. The largest absolute Gasteiger partial charge is 0.366 e. The molecule has 1 aromatic heterocycles. The summed E-state index contributed by atoms with van der Waals surface area (Å²) >= 11 is 0. The number of carbonyl (C=O) groups excluding carboxylic acids is 4. The molecule has 0 bridgehead atoms. The maximum atomic E-state index is 12.9. The molecule has 1 atom stereocenters. The summed E-state index contributed by atoms with van der Waals surface area (Å²) in [5, 5.41) is 8.80. The highest BCUT2D eigenvalue weighted by atomic mass is 16.2. The second-order valence-electron chi connectivity index (χ2n) is 7.57.